The van der Waals surface area contributed by atoms with Gasteiger partial charge in [0.2, 0.25) is 10.0 Å². The van der Waals surface area contributed by atoms with Gasteiger partial charge in [-0.2, -0.15) is 0 Å². The lowest BCUT2D eigenvalue weighted by molar-refractivity contribution is -0.236. The Labute approximate surface area is 133 Å². The summed E-state index contributed by atoms with van der Waals surface area (Å²) in [5.74, 6) is 0. The molecule has 0 aromatic carbocycles. The van der Waals surface area contributed by atoms with E-state index in [-0.39, 0.29) is 18.8 Å². The Kier molecular flexibility index (Phi) is 5.24. The number of nitrogens with one attached hydrogen (secondary N) is 1. The largest absolute Gasteiger partial charge is 0.388 e. The van der Waals surface area contributed by atoms with Gasteiger partial charge in [-0.05, 0) is 26.7 Å². The fraction of sp³-hybridized carbons (Fsp3) is 1.00. The lowest BCUT2D eigenvalue weighted by Gasteiger charge is -2.58. The standard InChI is InChI=1S/C15H29NO5S/c1-5-20-13-9-15(17,14(13,3)4)10-16-22(18,19)12-6-7-21-11(2)8-12/h11-13,16-17H,5-10H2,1-4H3. The molecule has 0 spiro atoms. The summed E-state index contributed by atoms with van der Waals surface area (Å²) in [5.41, 5.74) is -1.52. The first-order valence-corrected chi connectivity index (χ1v) is 9.61. The molecule has 0 aromatic rings. The fourth-order valence-electron chi connectivity index (χ4n) is 3.34. The van der Waals surface area contributed by atoms with Gasteiger partial charge in [-0.25, -0.2) is 13.1 Å². The smallest absolute Gasteiger partial charge is 0.214 e. The van der Waals surface area contributed by atoms with Crippen LogP contribution in [-0.4, -0.2) is 56.3 Å². The van der Waals surface area contributed by atoms with Crippen molar-refractivity contribution in [3.05, 3.63) is 0 Å². The SMILES string of the molecule is CCOC1CC(O)(CNS(=O)(=O)C2CCOC(C)C2)C1(C)C. The van der Waals surface area contributed by atoms with Gasteiger partial charge < -0.3 is 14.6 Å². The van der Waals surface area contributed by atoms with Crippen LogP contribution in [-0.2, 0) is 19.5 Å². The van der Waals surface area contributed by atoms with E-state index >= 15 is 0 Å². The van der Waals surface area contributed by atoms with Crippen molar-refractivity contribution in [2.75, 3.05) is 19.8 Å². The van der Waals surface area contributed by atoms with E-state index in [2.05, 4.69) is 4.72 Å². The Morgan fingerprint density at radius 2 is 2.09 bits per heavy atom. The van der Waals surface area contributed by atoms with Gasteiger partial charge in [-0.1, -0.05) is 13.8 Å². The van der Waals surface area contributed by atoms with Crippen LogP contribution in [0.5, 0.6) is 0 Å². The molecule has 2 aliphatic rings. The molecule has 2 rings (SSSR count). The molecule has 130 valence electrons. The zero-order valence-electron chi connectivity index (χ0n) is 14.0. The predicted octanol–water partition coefficient (Wildman–Crippen LogP) is 1.04. The number of hydrogen-bond donors (Lipinski definition) is 2. The number of aliphatic hydroxyl groups is 1. The average Bonchev–Trinajstić information content (AvgIpc) is 2.45. The Morgan fingerprint density at radius 1 is 1.41 bits per heavy atom. The highest BCUT2D eigenvalue weighted by atomic mass is 32.2. The van der Waals surface area contributed by atoms with Gasteiger partial charge in [0.15, 0.2) is 0 Å². The second kappa shape index (κ2) is 6.36. The van der Waals surface area contributed by atoms with Gasteiger partial charge in [0.05, 0.1) is 23.1 Å². The van der Waals surface area contributed by atoms with Gasteiger partial charge in [-0.15, -0.1) is 0 Å². The van der Waals surface area contributed by atoms with Gasteiger partial charge in [-0.3, -0.25) is 0 Å². The van der Waals surface area contributed by atoms with Crippen LogP contribution in [0.3, 0.4) is 0 Å². The van der Waals surface area contributed by atoms with Crippen molar-refractivity contribution >= 4 is 10.0 Å². The predicted molar refractivity (Wildman–Crippen MR) is 84.1 cm³/mol. The first kappa shape index (κ1) is 18.1. The lowest BCUT2D eigenvalue weighted by Crippen LogP contribution is -2.69. The Balaban J connectivity index is 1.95. The molecule has 4 unspecified atom stereocenters. The Bertz CT molecular complexity index is 492. The summed E-state index contributed by atoms with van der Waals surface area (Å²) in [6.45, 7) is 8.74. The Hall–Kier alpha value is -0.210. The van der Waals surface area contributed by atoms with Crippen LogP contribution < -0.4 is 4.72 Å². The van der Waals surface area contributed by atoms with Crippen LogP contribution in [0.15, 0.2) is 0 Å². The minimum Gasteiger partial charge on any atom is -0.388 e. The van der Waals surface area contributed by atoms with E-state index in [4.69, 9.17) is 9.47 Å². The second-order valence-electron chi connectivity index (χ2n) is 7.10. The van der Waals surface area contributed by atoms with E-state index in [9.17, 15) is 13.5 Å². The monoisotopic (exact) mass is 335 g/mol. The molecule has 2 fully saturated rings. The maximum atomic E-state index is 12.4. The zero-order valence-corrected chi connectivity index (χ0v) is 14.8. The number of rotatable bonds is 6. The molecule has 2 N–H and O–H groups in total. The summed E-state index contributed by atoms with van der Waals surface area (Å²) in [5, 5.41) is 10.3. The van der Waals surface area contributed by atoms with Crippen molar-refractivity contribution in [2.45, 2.75) is 70.0 Å². The van der Waals surface area contributed by atoms with E-state index in [0.29, 0.717) is 32.5 Å². The van der Waals surface area contributed by atoms with E-state index in [1.54, 1.807) is 0 Å². The number of sulfonamides is 1. The third-order valence-corrected chi connectivity index (χ3v) is 7.19. The minimum absolute atomic E-state index is 0.0323. The summed E-state index contributed by atoms with van der Waals surface area (Å²) < 4.78 is 38.5. The molecule has 0 bridgehead atoms. The molecular formula is C15H29NO5S. The molecule has 22 heavy (non-hydrogen) atoms. The molecule has 0 aromatic heterocycles. The summed E-state index contributed by atoms with van der Waals surface area (Å²) >= 11 is 0. The molecule has 1 saturated heterocycles. The summed E-state index contributed by atoms with van der Waals surface area (Å²) in [4.78, 5) is 0. The summed E-state index contributed by atoms with van der Waals surface area (Å²) in [7, 11) is -3.44. The average molecular weight is 335 g/mol. The fourth-order valence-corrected chi connectivity index (χ4v) is 4.94. The molecule has 0 amide bonds. The molecule has 1 aliphatic heterocycles. The number of hydrogen-bond acceptors (Lipinski definition) is 5. The van der Waals surface area contributed by atoms with Crippen molar-refractivity contribution < 1.29 is 23.0 Å². The molecule has 4 atom stereocenters. The maximum absolute atomic E-state index is 12.4. The molecular weight excluding hydrogens is 306 g/mol. The van der Waals surface area contributed by atoms with Crippen LogP contribution in [0.4, 0.5) is 0 Å². The molecule has 7 heteroatoms. The van der Waals surface area contributed by atoms with E-state index in [0.717, 1.165) is 0 Å². The second-order valence-corrected chi connectivity index (χ2v) is 9.14. The van der Waals surface area contributed by atoms with Gasteiger partial charge in [0.25, 0.3) is 0 Å². The third-order valence-electron chi connectivity index (χ3n) is 5.34. The van der Waals surface area contributed by atoms with Gasteiger partial charge in [0, 0.05) is 31.6 Å². The van der Waals surface area contributed by atoms with Gasteiger partial charge in [0.1, 0.15) is 0 Å². The van der Waals surface area contributed by atoms with Crippen LogP contribution in [0, 0.1) is 5.41 Å². The van der Waals surface area contributed by atoms with Crippen LogP contribution in [0.1, 0.15) is 47.0 Å². The van der Waals surface area contributed by atoms with Crippen molar-refractivity contribution in [3.8, 4) is 0 Å². The highest BCUT2D eigenvalue weighted by Gasteiger charge is 2.60. The highest BCUT2D eigenvalue weighted by molar-refractivity contribution is 7.90. The first-order chi connectivity index (χ1) is 10.1. The van der Waals surface area contributed by atoms with Crippen molar-refractivity contribution in [1.29, 1.82) is 0 Å². The minimum atomic E-state index is -3.44. The highest BCUT2D eigenvalue weighted by Crippen LogP contribution is 2.51. The first-order valence-electron chi connectivity index (χ1n) is 8.06. The van der Waals surface area contributed by atoms with Crippen LogP contribution in [0.25, 0.3) is 0 Å². The number of ether oxygens (including phenoxy) is 2. The third kappa shape index (κ3) is 3.33. The molecule has 0 radical (unpaired) electrons. The van der Waals surface area contributed by atoms with E-state index < -0.39 is 26.3 Å². The molecule has 6 nitrogen and oxygen atoms in total. The van der Waals surface area contributed by atoms with E-state index in [1.165, 1.54) is 0 Å². The quantitative estimate of drug-likeness (QED) is 0.757. The summed E-state index contributed by atoms with van der Waals surface area (Å²) in [6.07, 6.45) is 1.39. The van der Waals surface area contributed by atoms with E-state index in [1.807, 2.05) is 27.7 Å². The topological polar surface area (TPSA) is 84.9 Å². The normalized spacial score (nSPS) is 38.5. The van der Waals surface area contributed by atoms with Crippen LogP contribution >= 0.6 is 0 Å². The van der Waals surface area contributed by atoms with Crippen molar-refractivity contribution in [2.24, 2.45) is 5.41 Å². The van der Waals surface area contributed by atoms with Gasteiger partial charge >= 0.3 is 0 Å². The Morgan fingerprint density at radius 3 is 2.64 bits per heavy atom. The van der Waals surface area contributed by atoms with Crippen molar-refractivity contribution in [1.82, 2.24) is 4.72 Å². The lowest BCUT2D eigenvalue weighted by atomic mass is 9.56. The van der Waals surface area contributed by atoms with Crippen LogP contribution in [0.2, 0.25) is 0 Å². The molecule has 1 saturated carbocycles. The molecule has 1 heterocycles. The zero-order chi connectivity index (χ0) is 16.6. The maximum Gasteiger partial charge on any atom is 0.214 e. The van der Waals surface area contributed by atoms with Crippen molar-refractivity contribution in [3.63, 3.8) is 0 Å². The molecule has 1 aliphatic carbocycles. The summed E-state index contributed by atoms with van der Waals surface area (Å²) in [6, 6.07) is 0.